The van der Waals surface area contributed by atoms with Crippen LogP contribution in [0.15, 0.2) is 0 Å². The fraction of sp³-hybridized carbons (Fsp3) is 0.846. The van der Waals surface area contributed by atoms with E-state index in [-0.39, 0.29) is 23.8 Å². The van der Waals surface area contributed by atoms with Crippen LogP contribution < -0.4 is 10.6 Å². The topological polar surface area (TPSA) is 61.4 Å². The molecule has 0 saturated carbocycles. The summed E-state index contributed by atoms with van der Waals surface area (Å²) in [6, 6.07) is 0. The minimum absolute atomic E-state index is 0.0370. The lowest BCUT2D eigenvalue weighted by Crippen LogP contribution is -2.57. The van der Waals surface area contributed by atoms with Crippen LogP contribution >= 0.6 is 0 Å². The molecule has 0 aliphatic carbocycles. The normalized spacial score (nSPS) is 28.9. The van der Waals surface area contributed by atoms with E-state index in [4.69, 9.17) is 0 Å². The first-order chi connectivity index (χ1) is 8.68. The maximum absolute atomic E-state index is 12.7. The molecule has 2 N–H and O–H groups in total. The minimum atomic E-state index is -0.273. The van der Waals surface area contributed by atoms with E-state index in [0.29, 0.717) is 13.1 Å². The number of amides is 2. The molecule has 2 fully saturated rings. The van der Waals surface area contributed by atoms with Gasteiger partial charge in [0.25, 0.3) is 0 Å². The highest BCUT2D eigenvalue weighted by atomic mass is 16.2. The third-order valence-corrected chi connectivity index (χ3v) is 3.98. The van der Waals surface area contributed by atoms with Crippen molar-refractivity contribution in [3.8, 4) is 0 Å². The second-order valence-electron chi connectivity index (χ2n) is 5.39. The van der Waals surface area contributed by atoms with Gasteiger partial charge in [0.05, 0.1) is 12.0 Å². The zero-order chi connectivity index (χ0) is 13.0. The molecular weight excluding hydrogens is 230 g/mol. The maximum atomic E-state index is 12.7. The minimum Gasteiger partial charge on any atom is -0.353 e. The van der Waals surface area contributed by atoms with E-state index in [0.717, 1.165) is 38.8 Å². The molecule has 5 heteroatoms. The summed E-state index contributed by atoms with van der Waals surface area (Å²) in [6.45, 7) is 5.34. The Labute approximate surface area is 108 Å². The van der Waals surface area contributed by atoms with Gasteiger partial charge in [0, 0.05) is 19.6 Å². The average Bonchev–Trinajstić information content (AvgIpc) is 2.39. The largest absolute Gasteiger partial charge is 0.353 e. The average molecular weight is 253 g/mol. The van der Waals surface area contributed by atoms with Crippen molar-refractivity contribution in [1.82, 2.24) is 15.5 Å². The summed E-state index contributed by atoms with van der Waals surface area (Å²) in [5.74, 6) is 0.136. The summed E-state index contributed by atoms with van der Waals surface area (Å²) >= 11 is 0. The highest BCUT2D eigenvalue weighted by Crippen LogP contribution is 2.33. The first-order valence-electron chi connectivity index (χ1n) is 6.95. The van der Waals surface area contributed by atoms with Gasteiger partial charge in [0.1, 0.15) is 0 Å². The van der Waals surface area contributed by atoms with E-state index in [1.165, 1.54) is 0 Å². The van der Waals surface area contributed by atoms with E-state index in [1.807, 2.05) is 0 Å². The summed E-state index contributed by atoms with van der Waals surface area (Å²) in [5.41, 5.74) is -0.273. The quantitative estimate of drug-likeness (QED) is 0.751. The molecule has 0 radical (unpaired) electrons. The maximum Gasteiger partial charge on any atom is 0.239 e. The molecule has 0 aromatic rings. The number of nitrogens with zero attached hydrogens (tertiary/aromatic N) is 1. The Morgan fingerprint density at radius 1 is 1.44 bits per heavy atom. The monoisotopic (exact) mass is 253 g/mol. The van der Waals surface area contributed by atoms with Gasteiger partial charge in [-0.15, -0.1) is 0 Å². The molecule has 0 spiro atoms. The van der Waals surface area contributed by atoms with Crippen LogP contribution in [-0.4, -0.2) is 49.4 Å². The molecule has 2 aliphatic rings. The third-order valence-electron chi connectivity index (χ3n) is 3.98. The van der Waals surface area contributed by atoms with Crippen LogP contribution in [0.4, 0.5) is 0 Å². The fourth-order valence-electron chi connectivity index (χ4n) is 3.10. The van der Waals surface area contributed by atoms with Crippen molar-refractivity contribution in [2.45, 2.75) is 32.6 Å². The second kappa shape index (κ2) is 5.69. The van der Waals surface area contributed by atoms with E-state index < -0.39 is 0 Å². The smallest absolute Gasteiger partial charge is 0.239 e. The molecule has 2 amide bonds. The van der Waals surface area contributed by atoms with Gasteiger partial charge < -0.3 is 15.5 Å². The number of carbonyl (C=O) groups excluding carboxylic acids is 2. The molecule has 0 aromatic heterocycles. The van der Waals surface area contributed by atoms with Crippen LogP contribution in [0.5, 0.6) is 0 Å². The van der Waals surface area contributed by atoms with Crippen LogP contribution in [0, 0.1) is 5.41 Å². The number of hydrogen-bond acceptors (Lipinski definition) is 3. The number of rotatable bonds is 3. The van der Waals surface area contributed by atoms with E-state index in [2.05, 4.69) is 17.6 Å². The zero-order valence-electron chi connectivity index (χ0n) is 11.1. The molecule has 102 valence electrons. The van der Waals surface area contributed by atoms with Crippen LogP contribution in [0.25, 0.3) is 0 Å². The molecular formula is C13H23N3O2. The lowest BCUT2D eigenvalue weighted by atomic mass is 9.75. The number of carbonyl (C=O) groups is 2. The zero-order valence-corrected chi connectivity index (χ0v) is 11.1. The first-order valence-corrected chi connectivity index (χ1v) is 6.95. The van der Waals surface area contributed by atoms with Gasteiger partial charge >= 0.3 is 0 Å². The van der Waals surface area contributed by atoms with Crippen LogP contribution in [0.3, 0.4) is 0 Å². The fourth-order valence-corrected chi connectivity index (χ4v) is 3.10. The van der Waals surface area contributed by atoms with Crippen molar-refractivity contribution in [3.63, 3.8) is 0 Å². The molecule has 1 unspecified atom stereocenters. The predicted molar refractivity (Wildman–Crippen MR) is 69.0 cm³/mol. The second-order valence-corrected chi connectivity index (χ2v) is 5.39. The van der Waals surface area contributed by atoms with Gasteiger partial charge in [-0.1, -0.05) is 13.3 Å². The van der Waals surface area contributed by atoms with Gasteiger partial charge in [-0.05, 0) is 25.8 Å². The van der Waals surface area contributed by atoms with E-state index >= 15 is 0 Å². The van der Waals surface area contributed by atoms with Gasteiger partial charge in [0.15, 0.2) is 0 Å². The lowest BCUT2D eigenvalue weighted by molar-refractivity contribution is -0.148. The highest BCUT2D eigenvalue weighted by molar-refractivity contribution is 5.89. The van der Waals surface area contributed by atoms with E-state index in [1.54, 1.807) is 4.90 Å². The Hall–Kier alpha value is -1.10. The Kier molecular flexibility index (Phi) is 4.22. The summed E-state index contributed by atoms with van der Waals surface area (Å²) < 4.78 is 0. The van der Waals surface area contributed by atoms with Crippen molar-refractivity contribution in [3.05, 3.63) is 0 Å². The molecule has 5 nitrogen and oxygen atoms in total. The van der Waals surface area contributed by atoms with Crippen LogP contribution in [0.1, 0.15) is 32.6 Å². The van der Waals surface area contributed by atoms with Crippen molar-refractivity contribution in [2.24, 2.45) is 5.41 Å². The van der Waals surface area contributed by atoms with E-state index in [9.17, 15) is 9.59 Å². The predicted octanol–water partition coefficient (Wildman–Crippen LogP) is 0.115. The van der Waals surface area contributed by atoms with Crippen molar-refractivity contribution < 1.29 is 9.59 Å². The number of piperidine rings is 1. The van der Waals surface area contributed by atoms with Gasteiger partial charge in [-0.3, -0.25) is 9.59 Å². The summed E-state index contributed by atoms with van der Waals surface area (Å²) in [7, 11) is 0. The SMILES string of the molecule is CCCC1(C(=O)N2CCNC(=O)C2)CCCNC1. The Bertz CT molecular complexity index is 319. The number of nitrogens with one attached hydrogen (secondary N) is 2. The summed E-state index contributed by atoms with van der Waals surface area (Å²) in [6.07, 6.45) is 3.92. The molecule has 2 saturated heterocycles. The molecule has 1 atom stereocenters. The molecule has 0 aromatic carbocycles. The highest BCUT2D eigenvalue weighted by Gasteiger charge is 2.42. The molecule has 2 aliphatic heterocycles. The summed E-state index contributed by atoms with van der Waals surface area (Å²) in [5, 5.41) is 6.11. The Morgan fingerprint density at radius 2 is 2.28 bits per heavy atom. The standard InChI is InChI=1S/C13H23N3O2/c1-2-4-13(5-3-6-14-10-13)12(18)16-8-7-15-11(17)9-16/h14H,2-10H2,1H3,(H,15,17). The Morgan fingerprint density at radius 3 is 2.89 bits per heavy atom. The van der Waals surface area contributed by atoms with Gasteiger partial charge in [-0.25, -0.2) is 0 Å². The number of piperazine rings is 1. The third kappa shape index (κ3) is 2.66. The lowest BCUT2D eigenvalue weighted by Gasteiger charge is -2.41. The van der Waals surface area contributed by atoms with Crippen LogP contribution in [-0.2, 0) is 9.59 Å². The number of hydrogen-bond donors (Lipinski definition) is 2. The van der Waals surface area contributed by atoms with Crippen LogP contribution in [0.2, 0.25) is 0 Å². The van der Waals surface area contributed by atoms with Gasteiger partial charge in [0.2, 0.25) is 11.8 Å². The first kappa shape index (κ1) is 13.3. The molecule has 2 rings (SSSR count). The van der Waals surface area contributed by atoms with Crippen molar-refractivity contribution in [1.29, 1.82) is 0 Å². The van der Waals surface area contributed by atoms with Gasteiger partial charge in [-0.2, -0.15) is 0 Å². The molecule has 18 heavy (non-hydrogen) atoms. The van der Waals surface area contributed by atoms with Crippen molar-refractivity contribution >= 4 is 11.8 Å². The Balaban J connectivity index is 2.09. The molecule has 2 heterocycles. The molecule has 0 bridgehead atoms. The van der Waals surface area contributed by atoms with Crippen molar-refractivity contribution in [2.75, 3.05) is 32.7 Å². The summed E-state index contributed by atoms with van der Waals surface area (Å²) in [4.78, 5) is 25.9.